The molecule has 2 aromatic carbocycles. The van der Waals surface area contributed by atoms with Crippen LogP contribution in [0.4, 0.5) is 5.69 Å². The van der Waals surface area contributed by atoms with Crippen molar-refractivity contribution in [2.24, 2.45) is 0 Å². The maximum absolute atomic E-state index is 10.2. The number of aryl methyl sites for hydroxylation is 2. The Morgan fingerprint density at radius 1 is 0.605 bits per heavy atom. The van der Waals surface area contributed by atoms with Crippen molar-refractivity contribution in [2.75, 3.05) is 13.2 Å². The molecule has 0 N–H and O–H groups in total. The minimum absolute atomic E-state index is 0. The summed E-state index contributed by atoms with van der Waals surface area (Å²) >= 11 is 0. The first-order valence-electron chi connectivity index (χ1n) is 7.46. The molecule has 0 heterocycles. The monoisotopic (exact) mass is 2090 g/mol. The molecule has 0 aromatic heterocycles. The van der Waals surface area contributed by atoms with Crippen molar-refractivity contribution in [3.05, 3.63) is 63.7 Å². The first-order valence-corrected chi connectivity index (χ1v) is 7.46. The van der Waals surface area contributed by atoms with E-state index >= 15 is 0 Å². The summed E-state index contributed by atoms with van der Waals surface area (Å²) in [6, 6.07) is 13.4. The van der Waals surface area contributed by atoms with Crippen LogP contribution in [0, 0.1) is 30.0 Å². The van der Waals surface area contributed by atoms with Crippen molar-refractivity contribution in [3.8, 4) is 11.5 Å². The molecule has 43 heavy (non-hydrogen) atoms. The van der Waals surface area contributed by atoms with Crippen molar-refractivity contribution < 1.29 is 669 Å². The summed E-state index contributed by atoms with van der Waals surface area (Å²) in [6.07, 6.45) is 0. The molecule has 2 rings (SSSR count). The molecule has 0 aliphatic rings. The zero-order valence-electron chi connectivity index (χ0n) is 25.5. The first kappa shape index (κ1) is 131. The Labute approximate surface area is 764 Å². The van der Waals surface area contributed by atoms with Gasteiger partial charge in [-0.3, -0.25) is 10.1 Å². The maximum Gasteiger partial charge on any atom is 0.166 e. The molecule has 0 unspecified atom stereocenters. The summed E-state index contributed by atoms with van der Waals surface area (Å²) in [6.45, 7) is 9.03. The molecule has 0 saturated carbocycles. The van der Waals surface area contributed by atoms with E-state index in [0.29, 0.717) is 18.8 Å². The molecule has 25 heteroatoms. The molecule has 184 valence electrons. The Hall–Kier alpha value is 19.5. The number of ether oxygens (including phenoxy) is 2. The molecule has 0 fully saturated rings. The van der Waals surface area contributed by atoms with Crippen LogP contribution in [-0.4, -0.2) is 18.1 Å². The second kappa shape index (κ2) is 95.7. The Morgan fingerprint density at radius 3 is 1.12 bits per heavy atom. The van der Waals surface area contributed by atoms with Gasteiger partial charge in [0.2, 0.25) is 0 Å². The van der Waals surface area contributed by atoms with Gasteiger partial charge in [-0.1, -0.05) is 18.6 Å². The van der Waals surface area contributed by atoms with Crippen molar-refractivity contribution in [1.82, 2.24) is 0 Å². The van der Waals surface area contributed by atoms with Gasteiger partial charge in [-0.05, 0) is 38.5 Å². The van der Waals surface area contributed by atoms with E-state index in [2.05, 4.69) is 6.07 Å². The van der Waals surface area contributed by atoms with Gasteiger partial charge in [-0.15, -0.1) is 0 Å². The second-order valence-corrected chi connectivity index (χ2v) is 4.79. The van der Waals surface area contributed by atoms with Crippen LogP contribution in [0.25, 0.3) is 0 Å². The van der Waals surface area contributed by atoms with E-state index in [1.165, 1.54) is 6.07 Å². The average molecular weight is 2090 g/mol. The van der Waals surface area contributed by atoms with E-state index in [-0.39, 0.29) is 660 Å². The summed E-state index contributed by atoms with van der Waals surface area (Å²) in [4.78, 5) is 9.80. The Balaban J connectivity index is -0.00000000941. The van der Waals surface area contributed by atoms with Crippen molar-refractivity contribution in [3.63, 3.8) is 0 Å². The van der Waals surface area contributed by atoms with Crippen molar-refractivity contribution in [2.45, 2.75) is 27.7 Å². The number of nitrogens with zero attached hydrogens (tertiary/aromatic N) is 1. The van der Waals surface area contributed by atoms with Crippen LogP contribution in [0.5, 0.6) is 11.5 Å². The molecular formula is C18H22NO4Y20-. The molecule has 5 nitrogen and oxygen atoms in total. The molecule has 0 aliphatic carbocycles. The van der Waals surface area contributed by atoms with Crippen LogP contribution < -0.4 is 9.47 Å². The Kier molecular flexibility index (Phi) is 291. The SMILES string of the molecule is CCOc1cc(C)cc(OCC)c1.Cc1[c-]cccc1[N+](=O)[O-].[Y].[Y].[Y].[Y].[Y].[Y].[Y].[Y].[Y].[Y].[Y].[Y].[Y].[Y].[Y].[Y].[Y].[Y].[Y].[Y]. The molecule has 0 saturated heterocycles. The topological polar surface area (TPSA) is 61.6 Å². The molecular weight excluding hydrogens is 2070 g/mol. The van der Waals surface area contributed by atoms with E-state index in [1.807, 2.05) is 39.0 Å². The van der Waals surface area contributed by atoms with E-state index in [9.17, 15) is 10.1 Å². The number of hydrogen-bond donors (Lipinski definition) is 0. The number of benzene rings is 2. The fourth-order valence-corrected chi connectivity index (χ4v) is 1.92. The van der Waals surface area contributed by atoms with Gasteiger partial charge in [0.15, 0.2) is 5.69 Å². The Morgan fingerprint density at radius 2 is 0.907 bits per heavy atom. The Bertz CT molecular complexity index is 659. The van der Waals surface area contributed by atoms with Crippen LogP contribution in [-0.2, 0) is 654 Å². The third-order valence-corrected chi connectivity index (χ3v) is 2.88. The molecule has 20 radical (unpaired) electrons. The molecule has 0 spiro atoms. The van der Waals surface area contributed by atoms with Crippen molar-refractivity contribution >= 4 is 5.69 Å². The van der Waals surface area contributed by atoms with Gasteiger partial charge in [0, 0.05) is 665 Å². The third kappa shape index (κ3) is 79.0. The van der Waals surface area contributed by atoms with E-state index in [1.54, 1.807) is 19.1 Å². The third-order valence-electron chi connectivity index (χ3n) is 2.88. The van der Waals surface area contributed by atoms with Gasteiger partial charge >= 0.3 is 0 Å². The first-order chi connectivity index (χ1) is 11.0. The zero-order chi connectivity index (χ0) is 17.2. The smallest absolute Gasteiger partial charge is 0.166 e. The number of nitro benzene ring substituents is 1. The van der Waals surface area contributed by atoms with Crippen LogP contribution >= 0.6 is 0 Å². The summed E-state index contributed by atoms with van der Waals surface area (Å²) in [5, 5.41) is 10.2. The number of rotatable bonds is 5. The molecule has 0 aliphatic heterocycles. The van der Waals surface area contributed by atoms with Gasteiger partial charge in [0.25, 0.3) is 0 Å². The van der Waals surface area contributed by atoms with Gasteiger partial charge < -0.3 is 9.47 Å². The average Bonchev–Trinajstić information content (AvgIpc) is 2.48. The summed E-state index contributed by atoms with van der Waals surface area (Å²) < 4.78 is 10.8. The van der Waals surface area contributed by atoms with E-state index in [0.717, 1.165) is 17.1 Å². The second-order valence-electron chi connectivity index (χ2n) is 4.79. The number of hydrogen-bond acceptors (Lipinski definition) is 4. The van der Waals surface area contributed by atoms with Crippen LogP contribution in [0.15, 0.2) is 36.4 Å². The van der Waals surface area contributed by atoms with E-state index in [4.69, 9.17) is 9.47 Å². The van der Waals surface area contributed by atoms with Gasteiger partial charge in [0.05, 0.1) is 13.2 Å². The van der Waals surface area contributed by atoms with E-state index < -0.39 is 4.92 Å². The van der Waals surface area contributed by atoms with Gasteiger partial charge in [-0.2, -0.15) is 18.2 Å². The summed E-state index contributed by atoms with van der Waals surface area (Å²) in [7, 11) is 0. The fraction of sp³-hybridized carbons (Fsp3) is 0.333. The van der Waals surface area contributed by atoms with Crippen molar-refractivity contribution in [1.29, 1.82) is 0 Å². The van der Waals surface area contributed by atoms with Crippen LogP contribution in [0.3, 0.4) is 0 Å². The summed E-state index contributed by atoms with van der Waals surface area (Å²) in [5.41, 5.74) is 1.87. The van der Waals surface area contributed by atoms with Crippen LogP contribution in [0.2, 0.25) is 0 Å². The summed E-state index contributed by atoms with van der Waals surface area (Å²) in [5.74, 6) is 1.76. The zero-order valence-corrected chi connectivity index (χ0v) is 82.3. The maximum atomic E-state index is 10.2. The predicted octanol–water partition coefficient (Wildman–Crippen LogP) is 4.45. The fourth-order valence-electron chi connectivity index (χ4n) is 1.92. The number of nitro groups is 1. The minimum atomic E-state index is -0.411. The standard InChI is InChI=1S/C11H16O2.C7H6NO2.20Y/c1-4-12-10-6-9(3)7-11(8-10)13-5-2;1-6-4-2-3-5-7(6)8(9)10;;;;;;;;;;;;;;;;;;;;/h6-8H,4-5H2,1-3H3;2-3,5H,1H3;;;;;;;;;;;;;;;;;;;;/q;-1;;;;;;;;;;;;;;;;;;;;. The molecule has 0 amide bonds. The van der Waals surface area contributed by atoms with Gasteiger partial charge in [0.1, 0.15) is 11.5 Å². The molecule has 2 aromatic rings. The van der Waals surface area contributed by atoms with Crippen LogP contribution in [0.1, 0.15) is 25.0 Å². The van der Waals surface area contributed by atoms with Gasteiger partial charge in [-0.25, -0.2) is 0 Å². The predicted molar refractivity (Wildman–Crippen MR) is 90.2 cm³/mol. The largest absolute Gasteiger partial charge is 0.494 e. The normalized spacial score (nSPS) is 5.12. The molecule has 0 bridgehead atoms. The minimum Gasteiger partial charge on any atom is -0.494 e. The quantitative estimate of drug-likeness (QED) is 0.253. The molecule has 0 atom stereocenters.